The second-order valence-electron chi connectivity index (χ2n) is 33.7. The molecule has 704 valence electrons. The van der Waals surface area contributed by atoms with Crippen molar-refractivity contribution in [2.75, 3.05) is 39.3 Å². The quantitative estimate of drug-likeness (QED) is 0.0441. The van der Waals surface area contributed by atoms with E-state index in [0.29, 0.717) is 60.7 Å². The zero-order chi connectivity index (χ0) is 97.9. The number of carbonyl (C=O) groups is 3. The second-order valence-corrected chi connectivity index (χ2v) is 40.7. The van der Waals surface area contributed by atoms with E-state index in [1.165, 1.54) is 145 Å². The van der Waals surface area contributed by atoms with Crippen molar-refractivity contribution < 1.29 is 36.5 Å². The minimum Gasteiger partial charge on any atom is -0.435 e. The summed E-state index contributed by atoms with van der Waals surface area (Å²) in [5, 5.41) is 26.3. The fraction of sp³-hybridized carbons (Fsp3) is 0.219. The Labute approximate surface area is 826 Å². The summed E-state index contributed by atoms with van der Waals surface area (Å²) in [6.45, 7) is 22.2. The van der Waals surface area contributed by atoms with E-state index in [2.05, 4.69) is 105 Å². The van der Waals surface area contributed by atoms with Gasteiger partial charge in [0.05, 0.1) is 50.8 Å². The predicted octanol–water partition coefficient (Wildman–Crippen LogP) is 27.1. The Morgan fingerprint density at radius 2 is 1.04 bits per heavy atom. The number of fused-ring (bicyclic) bond motifs is 8. The molecule has 20 aromatic rings. The topological polar surface area (TPSA) is 389 Å². The van der Waals surface area contributed by atoms with Gasteiger partial charge in [0.15, 0.2) is 11.5 Å². The highest BCUT2D eigenvalue weighted by Crippen LogP contribution is 2.48. The number of carbonyl (C=O) groups excluding carboxylic acids is 3. The fourth-order valence-electron chi connectivity index (χ4n) is 17.1. The Hall–Kier alpha value is -14.3. The molecule has 24 nitrogen and oxygen atoms in total. The molecule has 17 aromatic heterocycles. The minimum atomic E-state index is -4.41. The molecule has 0 saturated heterocycles. The number of amides is 2. The molecule has 0 fully saturated rings. The summed E-state index contributed by atoms with van der Waals surface area (Å²) in [6, 6.07) is 43.7. The number of oxazole rings is 1. The van der Waals surface area contributed by atoms with Crippen molar-refractivity contribution >= 4 is 198 Å². The molecule has 22 rings (SSSR count). The standard InChI is InChI=1S/C20H18F3N3OS.C19H17N3OS.C19H19N3OS.C17H15N5OS.C17H18N2OS.C13H9N3S2/c21-20(22,23)12-6-8-13(9-7-12)25-18(27)17-16(24)14-10-11-4-2-1-3-5-15(11)26-19(14)28-17;1-10-11(2)15-16(20)17(24-19(15)22-12(10)3)18-21-9-14(23-18)13-7-5-4-6-8-13;20-16-14-11-12-7-3-1-6-10-15(12)22-19(14)24-17(16)18(23)21-13-8-4-2-5-9-13;1-8-9(2)12-13(18)14(24-17(12)20-10(8)3)16-21-15(22-23-16)11-5-4-6-19-7-11;1-5-13-10(2)14-15(19-8-6-7-9-19)16(12(4)20)21-17(14)18-11(13)3;1-7-5-8(9-3-2-4-17-9)11-12(15)10(6-14)18-13(11)16-7/h6-10H,1-5,24H2,(H,25,27);4-9H,20H2,1-3H3;2,4-5,8-9,11H,1,3,6-7,10,20H2,(H,21,23);4-7H,18H2,1-3H3;6-9H,5H2,1-4H3;2-5H,15H2,1H3. The van der Waals surface area contributed by atoms with Crippen LogP contribution in [0.15, 0.2) is 185 Å². The lowest BCUT2D eigenvalue weighted by molar-refractivity contribution is -0.137. The number of thiophene rings is 7. The van der Waals surface area contributed by atoms with Crippen molar-refractivity contribution in [3.05, 3.63) is 280 Å². The van der Waals surface area contributed by atoms with Crippen LogP contribution in [0.3, 0.4) is 0 Å². The number of nitrogen functional groups attached to an aromatic ring is 5. The molecule has 34 heteroatoms. The molecular weight excluding hydrogens is 1890 g/mol. The molecule has 2 aliphatic rings. The number of alkyl halides is 3. The first kappa shape index (κ1) is 96.4. The van der Waals surface area contributed by atoms with E-state index in [0.717, 1.165) is 211 Å². The lowest BCUT2D eigenvalue weighted by Gasteiger charge is -2.11. The summed E-state index contributed by atoms with van der Waals surface area (Å²) in [5.41, 5.74) is 54.2. The number of aromatic nitrogens is 11. The summed E-state index contributed by atoms with van der Waals surface area (Å²) in [7, 11) is 0. The highest BCUT2D eigenvalue weighted by atomic mass is 32.1. The molecule has 0 spiro atoms. The molecular formula is C105H96F3N19O5S7. The maximum Gasteiger partial charge on any atom is 0.416 e. The van der Waals surface area contributed by atoms with Gasteiger partial charge in [0.25, 0.3) is 17.7 Å². The lowest BCUT2D eigenvalue weighted by atomic mass is 10.0. The average molecular weight is 1990 g/mol. The van der Waals surface area contributed by atoms with Crippen molar-refractivity contribution in [2.24, 2.45) is 0 Å². The van der Waals surface area contributed by atoms with Crippen LogP contribution in [0.25, 0.3) is 122 Å². The molecule has 0 aliphatic heterocycles. The number of hydrogen-bond donors (Lipinski definition) is 7. The van der Waals surface area contributed by atoms with Gasteiger partial charge in [0.1, 0.15) is 59.4 Å². The van der Waals surface area contributed by atoms with E-state index in [4.69, 9.17) is 57.8 Å². The van der Waals surface area contributed by atoms with Crippen LogP contribution in [-0.2, 0) is 38.3 Å². The monoisotopic (exact) mass is 1980 g/mol. The Morgan fingerprint density at radius 3 is 1.58 bits per heavy atom. The first-order chi connectivity index (χ1) is 66.9. The van der Waals surface area contributed by atoms with Crippen LogP contribution in [0.2, 0.25) is 0 Å². The smallest absolute Gasteiger partial charge is 0.416 e. The van der Waals surface area contributed by atoms with Crippen molar-refractivity contribution in [2.45, 2.75) is 153 Å². The van der Waals surface area contributed by atoms with Gasteiger partial charge in [-0.25, -0.2) is 34.9 Å². The van der Waals surface area contributed by atoms with Gasteiger partial charge >= 0.3 is 6.18 Å². The third-order valence-electron chi connectivity index (χ3n) is 24.7. The van der Waals surface area contributed by atoms with Crippen LogP contribution in [0.1, 0.15) is 170 Å². The largest absolute Gasteiger partial charge is 0.435 e. The summed E-state index contributed by atoms with van der Waals surface area (Å²) in [4.78, 5) is 88.4. The summed E-state index contributed by atoms with van der Waals surface area (Å²) in [5.74, 6) is 1.66. The maximum absolute atomic E-state index is 12.7. The molecule has 0 unspecified atom stereocenters. The van der Waals surface area contributed by atoms with Crippen molar-refractivity contribution in [1.82, 2.24) is 54.6 Å². The van der Waals surface area contributed by atoms with Gasteiger partial charge in [-0.3, -0.25) is 19.4 Å². The molecule has 139 heavy (non-hydrogen) atoms. The second kappa shape index (κ2) is 41.2. The molecule has 2 aliphatic carbocycles. The Balaban J connectivity index is 0.000000116. The number of ketones is 1. The molecule has 0 radical (unpaired) electrons. The number of nitrogens with two attached hydrogens (primary N) is 5. The van der Waals surface area contributed by atoms with Crippen LogP contribution in [0.5, 0.6) is 0 Å². The van der Waals surface area contributed by atoms with E-state index >= 15 is 0 Å². The van der Waals surface area contributed by atoms with Gasteiger partial charge < -0.3 is 52.8 Å². The Kier molecular flexibility index (Phi) is 28.5. The number of rotatable bonds is 12. The van der Waals surface area contributed by atoms with Crippen molar-refractivity contribution in [3.63, 3.8) is 0 Å². The zero-order valence-electron chi connectivity index (χ0n) is 77.8. The summed E-state index contributed by atoms with van der Waals surface area (Å²) >= 11 is 10.1. The molecule has 3 aromatic carbocycles. The van der Waals surface area contributed by atoms with E-state index in [9.17, 15) is 27.6 Å². The highest BCUT2D eigenvalue weighted by molar-refractivity contribution is 7.24. The SMILES string of the molecule is CCc1c(C)nc2sc(C(C)=O)c(-n3cccc3)c2c1C.Cc1cc(-c2cccs2)c2c(N)c(C#N)sc2n1.Cc1nc2sc(-c3nc(-c4cccnc4)no3)c(N)c2c(C)c1C.Cc1nc2sc(-c3ncc(-c4ccccc4)o3)c(N)c2c(C)c1C.Nc1c(C(=O)Nc2ccc(C(F)(F)F)cc2)sc2nc3c(cc12)CCCCC3.Nc1c(C(=O)Nc2ccccc2)sc2nc3c(cc12)CCCCC3. The summed E-state index contributed by atoms with van der Waals surface area (Å²) < 4.78 is 51.4. The number of nitriles is 1. The van der Waals surface area contributed by atoms with Crippen LogP contribution in [-0.4, -0.2) is 72.2 Å². The van der Waals surface area contributed by atoms with Crippen molar-refractivity contribution in [1.29, 1.82) is 5.26 Å². The number of hydrogen-bond acceptors (Lipinski definition) is 28. The maximum atomic E-state index is 12.7. The van der Waals surface area contributed by atoms with Crippen molar-refractivity contribution in [3.8, 4) is 66.4 Å². The molecule has 17 heterocycles. The Morgan fingerprint density at radius 1 is 0.504 bits per heavy atom. The normalized spacial score (nSPS) is 12.4. The average Bonchev–Trinajstić information content (AvgIpc) is 1.60. The van der Waals surface area contributed by atoms with Gasteiger partial charge in [0.2, 0.25) is 11.7 Å². The molecule has 0 bridgehead atoms. The molecule has 2 amide bonds. The van der Waals surface area contributed by atoms with Crippen LogP contribution in [0, 0.1) is 73.6 Å². The number of anilines is 7. The number of halogens is 3. The first-order valence-electron chi connectivity index (χ1n) is 45.0. The van der Waals surface area contributed by atoms with Crippen LogP contribution >= 0.6 is 79.4 Å². The molecule has 0 saturated carbocycles. The predicted molar refractivity (Wildman–Crippen MR) is 563 cm³/mol. The Bertz CT molecular complexity index is 7900. The first-order valence-corrected chi connectivity index (χ1v) is 50.7. The van der Waals surface area contributed by atoms with Crippen LogP contribution in [0.4, 0.5) is 53.0 Å². The minimum absolute atomic E-state index is 0.0943. The lowest BCUT2D eigenvalue weighted by Crippen LogP contribution is -2.12. The van der Waals surface area contributed by atoms with Gasteiger partial charge in [-0.2, -0.15) is 23.4 Å². The number of para-hydroxylation sites is 1. The number of nitrogens with zero attached hydrogens (tertiary/aromatic N) is 12. The van der Waals surface area contributed by atoms with Gasteiger partial charge in [-0.1, -0.05) is 79.5 Å². The van der Waals surface area contributed by atoms with E-state index in [-0.39, 0.29) is 17.4 Å². The van der Waals surface area contributed by atoms with E-state index in [1.54, 1.807) is 36.9 Å². The number of Topliss-reactive ketones (excluding diaryl/α,β-unsaturated/α-hetero) is 1. The number of pyridine rings is 7. The number of nitrogens with one attached hydrogen (secondary N) is 2. The number of aryl methyl sites for hydroxylation is 11. The zero-order valence-corrected chi connectivity index (χ0v) is 83.5. The van der Waals surface area contributed by atoms with Crippen LogP contribution < -0.4 is 39.3 Å². The molecule has 0 atom stereocenters. The van der Waals surface area contributed by atoms with E-state index in [1.807, 2.05) is 153 Å². The highest BCUT2D eigenvalue weighted by Gasteiger charge is 2.32. The third-order valence-corrected chi connectivity index (χ3v) is 32.2. The van der Waals surface area contributed by atoms with Gasteiger partial charge in [-0.05, 0) is 255 Å². The summed E-state index contributed by atoms with van der Waals surface area (Å²) in [6.07, 6.45) is 16.7. The van der Waals surface area contributed by atoms with E-state index < -0.39 is 17.6 Å². The van der Waals surface area contributed by atoms with Gasteiger partial charge in [0, 0.05) is 131 Å². The van der Waals surface area contributed by atoms with Gasteiger partial charge in [-0.15, -0.1) is 79.4 Å². The fourth-order valence-corrected chi connectivity index (χ4v) is 24.2. The molecule has 12 N–H and O–H groups in total. The third kappa shape index (κ3) is 20.1. The number of benzene rings is 3.